The summed E-state index contributed by atoms with van der Waals surface area (Å²) in [4.78, 5) is 0. The lowest BCUT2D eigenvalue weighted by molar-refractivity contribution is 0.0207. The Morgan fingerprint density at radius 3 is 2.44 bits per heavy atom. The summed E-state index contributed by atoms with van der Waals surface area (Å²) in [5.41, 5.74) is 6.71. The van der Waals surface area contributed by atoms with E-state index in [1.54, 1.807) is 0 Å². The van der Waals surface area contributed by atoms with Crippen molar-refractivity contribution in [2.45, 2.75) is 46.0 Å². The lowest BCUT2D eigenvalue weighted by atomic mass is 9.68. The highest BCUT2D eigenvalue weighted by molar-refractivity contribution is 4.91. The molecule has 0 aromatic rings. The third-order valence-electron chi connectivity index (χ3n) is 5.25. The van der Waals surface area contributed by atoms with E-state index in [0.717, 1.165) is 38.8 Å². The average molecular weight is 254 g/mol. The molecule has 2 aliphatic rings. The Kier molecular flexibility index (Phi) is 4.68. The molecule has 106 valence electrons. The number of nitrogens with one attached hydrogen (secondary N) is 1. The number of nitrogens with two attached hydrogens (primary N) is 1. The highest BCUT2D eigenvalue weighted by atomic mass is 16.5. The molecule has 0 amide bonds. The molecule has 0 aromatic heterocycles. The van der Waals surface area contributed by atoms with Gasteiger partial charge in [-0.1, -0.05) is 20.3 Å². The van der Waals surface area contributed by atoms with E-state index in [2.05, 4.69) is 19.2 Å². The van der Waals surface area contributed by atoms with E-state index in [1.165, 1.54) is 32.1 Å². The monoisotopic (exact) mass is 254 g/mol. The molecule has 3 nitrogen and oxygen atoms in total. The van der Waals surface area contributed by atoms with Gasteiger partial charge >= 0.3 is 0 Å². The first kappa shape index (κ1) is 14.3. The molecule has 1 saturated carbocycles. The zero-order valence-corrected chi connectivity index (χ0v) is 12.1. The second-order valence-electron chi connectivity index (χ2n) is 7.04. The topological polar surface area (TPSA) is 47.3 Å². The van der Waals surface area contributed by atoms with Gasteiger partial charge in [0.1, 0.15) is 0 Å². The van der Waals surface area contributed by atoms with Crippen LogP contribution >= 0.6 is 0 Å². The molecule has 0 unspecified atom stereocenters. The van der Waals surface area contributed by atoms with Gasteiger partial charge < -0.3 is 15.8 Å². The fraction of sp³-hybridized carbons (Fsp3) is 1.00. The van der Waals surface area contributed by atoms with Crippen LogP contribution in [0.2, 0.25) is 0 Å². The molecule has 3 N–H and O–H groups in total. The maximum atomic E-state index is 5.90. The molecule has 1 saturated heterocycles. The molecule has 1 heterocycles. The highest BCUT2D eigenvalue weighted by Gasteiger charge is 2.36. The minimum Gasteiger partial charge on any atom is -0.381 e. The number of ether oxygens (including phenoxy) is 1. The molecule has 2 rings (SSSR count). The van der Waals surface area contributed by atoms with Crippen LogP contribution in [0.1, 0.15) is 46.0 Å². The Labute approximate surface area is 112 Å². The van der Waals surface area contributed by atoms with Gasteiger partial charge in [0.2, 0.25) is 0 Å². The minimum atomic E-state index is 0.378. The first-order valence-corrected chi connectivity index (χ1v) is 7.57. The largest absolute Gasteiger partial charge is 0.381 e. The molecule has 0 radical (unpaired) electrons. The first-order valence-electron chi connectivity index (χ1n) is 7.57. The third-order valence-corrected chi connectivity index (χ3v) is 5.25. The lowest BCUT2D eigenvalue weighted by Gasteiger charge is -2.43. The van der Waals surface area contributed by atoms with Crippen molar-refractivity contribution in [2.24, 2.45) is 22.5 Å². The smallest absolute Gasteiger partial charge is 0.0468 e. The molecular formula is C15H30N2O. The number of hydrogen-bond donors (Lipinski definition) is 2. The number of rotatable bonds is 6. The molecular weight excluding hydrogens is 224 g/mol. The fourth-order valence-corrected chi connectivity index (χ4v) is 3.40. The van der Waals surface area contributed by atoms with Crippen molar-refractivity contribution in [2.75, 3.05) is 32.8 Å². The van der Waals surface area contributed by atoms with Crippen LogP contribution in [0.5, 0.6) is 0 Å². The summed E-state index contributed by atoms with van der Waals surface area (Å²) in [5, 5.41) is 3.70. The summed E-state index contributed by atoms with van der Waals surface area (Å²) in [6.07, 6.45) is 6.43. The zero-order valence-electron chi connectivity index (χ0n) is 12.1. The Hall–Kier alpha value is -0.120. The van der Waals surface area contributed by atoms with E-state index in [-0.39, 0.29) is 0 Å². The lowest BCUT2D eigenvalue weighted by Crippen LogP contribution is -2.48. The summed E-state index contributed by atoms with van der Waals surface area (Å²) in [6.45, 7) is 9.74. The summed E-state index contributed by atoms with van der Waals surface area (Å²) in [7, 11) is 0. The second kappa shape index (κ2) is 5.89. The van der Waals surface area contributed by atoms with E-state index in [0.29, 0.717) is 10.8 Å². The van der Waals surface area contributed by atoms with Gasteiger partial charge in [-0.25, -0.2) is 0 Å². The molecule has 0 bridgehead atoms. The molecule has 1 aliphatic carbocycles. The Morgan fingerprint density at radius 2 is 1.94 bits per heavy atom. The maximum absolute atomic E-state index is 5.90. The molecule has 3 heteroatoms. The fourth-order valence-electron chi connectivity index (χ4n) is 3.40. The normalized spacial score (nSPS) is 24.8. The number of hydrogen-bond acceptors (Lipinski definition) is 3. The van der Waals surface area contributed by atoms with Crippen LogP contribution in [-0.2, 0) is 4.74 Å². The van der Waals surface area contributed by atoms with Crippen molar-refractivity contribution in [3.05, 3.63) is 0 Å². The third kappa shape index (κ3) is 3.25. The SMILES string of the molecule is CC(C)(CNCC1(CN)CCC1)C1CCOCC1. The van der Waals surface area contributed by atoms with Crippen molar-refractivity contribution in [3.8, 4) is 0 Å². The van der Waals surface area contributed by atoms with E-state index in [1.807, 2.05) is 0 Å². The van der Waals surface area contributed by atoms with Crippen LogP contribution in [0.4, 0.5) is 0 Å². The van der Waals surface area contributed by atoms with Crippen LogP contribution in [0.3, 0.4) is 0 Å². The predicted octanol–water partition coefficient (Wildman–Crippen LogP) is 2.16. The Bertz CT molecular complexity index is 250. The van der Waals surface area contributed by atoms with Gasteiger partial charge in [-0.15, -0.1) is 0 Å². The molecule has 0 spiro atoms. The summed E-state index contributed by atoms with van der Waals surface area (Å²) < 4.78 is 5.46. The standard InChI is InChI=1S/C15H30N2O/c1-14(2,13-4-8-18-9-5-13)11-17-12-15(10-16)6-3-7-15/h13,17H,3-12,16H2,1-2H3. The van der Waals surface area contributed by atoms with Crippen molar-refractivity contribution >= 4 is 0 Å². The second-order valence-corrected chi connectivity index (χ2v) is 7.04. The van der Waals surface area contributed by atoms with Crippen LogP contribution in [0.15, 0.2) is 0 Å². The minimum absolute atomic E-state index is 0.378. The van der Waals surface area contributed by atoms with E-state index >= 15 is 0 Å². The van der Waals surface area contributed by atoms with Crippen LogP contribution in [0.25, 0.3) is 0 Å². The van der Waals surface area contributed by atoms with E-state index in [4.69, 9.17) is 10.5 Å². The maximum Gasteiger partial charge on any atom is 0.0468 e. The van der Waals surface area contributed by atoms with Gasteiger partial charge in [-0.3, -0.25) is 0 Å². The summed E-state index contributed by atoms with van der Waals surface area (Å²) in [5.74, 6) is 0.800. The quantitative estimate of drug-likeness (QED) is 0.763. The molecule has 0 aromatic carbocycles. The van der Waals surface area contributed by atoms with Gasteiger partial charge in [0, 0.05) is 26.3 Å². The zero-order chi connectivity index (χ0) is 13.1. The van der Waals surface area contributed by atoms with E-state index < -0.39 is 0 Å². The van der Waals surface area contributed by atoms with Gasteiger partial charge in [0.05, 0.1) is 0 Å². The first-order chi connectivity index (χ1) is 8.58. The Balaban J connectivity index is 1.74. The predicted molar refractivity (Wildman–Crippen MR) is 75.5 cm³/mol. The molecule has 1 aliphatic heterocycles. The summed E-state index contributed by atoms with van der Waals surface area (Å²) in [6, 6.07) is 0. The molecule has 0 atom stereocenters. The molecule has 18 heavy (non-hydrogen) atoms. The highest BCUT2D eigenvalue weighted by Crippen LogP contribution is 2.39. The van der Waals surface area contributed by atoms with Crippen molar-refractivity contribution in [1.29, 1.82) is 0 Å². The summed E-state index contributed by atoms with van der Waals surface area (Å²) >= 11 is 0. The van der Waals surface area contributed by atoms with Crippen molar-refractivity contribution in [3.63, 3.8) is 0 Å². The van der Waals surface area contributed by atoms with Crippen molar-refractivity contribution < 1.29 is 4.74 Å². The van der Waals surface area contributed by atoms with Crippen LogP contribution < -0.4 is 11.1 Å². The Morgan fingerprint density at radius 1 is 1.28 bits per heavy atom. The average Bonchev–Trinajstić information content (AvgIpc) is 2.34. The van der Waals surface area contributed by atoms with Gasteiger partial charge in [0.25, 0.3) is 0 Å². The van der Waals surface area contributed by atoms with Crippen LogP contribution in [-0.4, -0.2) is 32.8 Å². The van der Waals surface area contributed by atoms with Gasteiger partial charge in [-0.05, 0) is 49.0 Å². The van der Waals surface area contributed by atoms with Gasteiger partial charge in [-0.2, -0.15) is 0 Å². The van der Waals surface area contributed by atoms with E-state index in [9.17, 15) is 0 Å². The van der Waals surface area contributed by atoms with Crippen molar-refractivity contribution in [1.82, 2.24) is 5.32 Å². The van der Waals surface area contributed by atoms with Gasteiger partial charge in [0.15, 0.2) is 0 Å². The van der Waals surface area contributed by atoms with Crippen LogP contribution in [0, 0.1) is 16.7 Å². The molecule has 2 fully saturated rings.